The number of carbonyl (C=O) groups excluding carboxylic acids is 4. The molecule has 2 rings (SSSR count). The third kappa shape index (κ3) is 3.94. The summed E-state index contributed by atoms with van der Waals surface area (Å²) >= 11 is 6.17. The number of esters is 2. The predicted molar refractivity (Wildman–Crippen MR) is 96.9 cm³/mol. The smallest absolute Gasteiger partial charge is 0.387 e. The maximum atomic E-state index is 12.1. The molecule has 25 heavy (non-hydrogen) atoms. The number of benzene rings is 2. The minimum atomic E-state index is -1.53. The summed E-state index contributed by atoms with van der Waals surface area (Å²) < 4.78 is 4.88. The molecule has 0 atom stereocenters. The van der Waals surface area contributed by atoms with E-state index in [0.29, 0.717) is 0 Å². The van der Waals surface area contributed by atoms with Crippen molar-refractivity contribution in [3.8, 4) is 0 Å². The second kappa shape index (κ2) is 7.58. The molecule has 0 spiro atoms. The van der Waals surface area contributed by atoms with Gasteiger partial charge in [-0.3, -0.25) is 9.59 Å². The molecule has 0 aliphatic carbocycles. The summed E-state index contributed by atoms with van der Waals surface area (Å²) in [4.78, 5) is 48.1. The Morgan fingerprint density at radius 3 is 1.40 bits per heavy atom. The van der Waals surface area contributed by atoms with E-state index >= 15 is 0 Å². The Hall–Kier alpha value is -2.52. The quantitative estimate of drug-likeness (QED) is 0.231. The van der Waals surface area contributed by atoms with Crippen LogP contribution >= 0.6 is 31.9 Å². The average molecular weight is 470 g/mol. The van der Waals surface area contributed by atoms with E-state index in [9.17, 15) is 19.2 Å². The Labute approximate surface area is 158 Å². The van der Waals surface area contributed by atoms with Gasteiger partial charge in [0, 0.05) is 20.3 Å². The van der Waals surface area contributed by atoms with E-state index < -0.39 is 23.5 Å². The van der Waals surface area contributed by atoms with E-state index in [1.54, 1.807) is 12.1 Å². The predicted octanol–water partition coefficient (Wildman–Crippen LogP) is 2.51. The second-order valence-corrected chi connectivity index (χ2v) is 6.45. The lowest BCUT2D eigenvalue weighted by molar-refractivity contribution is -0.152. The minimum Gasteiger partial charge on any atom is -0.398 e. The summed E-state index contributed by atoms with van der Waals surface area (Å²) in [6, 6.07) is 8.91. The fourth-order valence-electron chi connectivity index (χ4n) is 1.94. The zero-order valence-corrected chi connectivity index (χ0v) is 15.6. The zero-order valence-electron chi connectivity index (χ0n) is 12.4. The molecule has 0 radical (unpaired) electrons. The Balaban J connectivity index is 2.22. The van der Waals surface area contributed by atoms with Crippen molar-refractivity contribution in [1.29, 1.82) is 0 Å². The first-order valence-corrected chi connectivity index (χ1v) is 8.25. The molecule has 0 fully saturated rings. The summed E-state index contributed by atoms with van der Waals surface area (Å²) in [7, 11) is 0. The van der Waals surface area contributed by atoms with Crippen molar-refractivity contribution in [1.82, 2.24) is 0 Å². The van der Waals surface area contributed by atoms with Crippen molar-refractivity contribution >= 4 is 66.7 Å². The highest BCUT2D eigenvalue weighted by atomic mass is 79.9. The van der Waals surface area contributed by atoms with Crippen LogP contribution in [0.25, 0.3) is 0 Å². The molecule has 2 aromatic rings. The summed E-state index contributed by atoms with van der Waals surface area (Å²) in [5.74, 6) is -5.37. The first kappa shape index (κ1) is 18.8. The number of halogens is 2. The maximum absolute atomic E-state index is 12.1. The molecule has 0 bridgehead atoms. The normalized spacial score (nSPS) is 10.2. The highest BCUT2D eigenvalue weighted by Gasteiger charge is 2.30. The summed E-state index contributed by atoms with van der Waals surface area (Å²) in [6.07, 6.45) is 0. The van der Waals surface area contributed by atoms with Gasteiger partial charge in [-0.05, 0) is 56.1 Å². The van der Waals surface area contributed by atoms with Crippen LogP contribution in [0.3, 0.4) is 0 Å². The van der Waals surface area contributed by atoms with Crippen LogP contribution in [0.2, 0.25) is 0 Å². The minimum absolute atomic E-state index is 0.0187. The number of nitrogens with two attached hydrogens (primary N) is 2. The molecule has 0 amide bonds. The van der Waals surface area contributed by atoms with Crippen molar-refractivity contribution in [2.24, 2.45) is 0 Å². The van der Waals surface area contributed by atoms with Gasteiger partial charge in [-0.25, -0.2) is 9.59 Å². The van der Waals surface area contributed by atoms with Crippen LogP contribution < -0.4 is 11.5 Å². The fourth-order valence-corrected chi connectivity index (χ4v) is 3.06. The van der Waals surface area contributed by atoms with Crippen LogP contribution in [0.4, 0.5) is 11.4 Å². The molecule has 128 valence electrons. The molecule has 9 heteroatoms. The number of rotatable bonds is 4. The lowest BCUT2D eigenvalue weighted by Crippen LogP contribution is -2.27. The molecule has 7 nitrogen and oxygen atoms in total. The topological polar surface area (TPSA) is 130 Å². The van der Waals surface area contributed by atoms with E-state index in [0.717, 1.165) is 0 Å². The number of ether oxygens (including phenoxy) is 1. The molecule has 4 N–H and O–H groups in total. The van der Waals surface area contributed by atoms with E-state index in [2.05, 4.69) is 36.6 Å². The van der Waals surface area contributed by atoms with Crippen molar-refractivity contribution in [2.75, 3.05) is 11.5 Å². The number of nitrogen functional groups attached to an aromatic ring is 2. The number of carbonyl (C=O) groups is 4. The van der Waals surface area contributed by atoms with Gasteiger partial charge in [-0.1, -0.05) is 12.1 Å². The molecule has 0 aliphatic heterocycles. The van der Waals surface area contributed by atoms with E-state index in [-0.39, 0.29) is 31.4 Å². The Morgan fingerprint density at radius 1 is 0.720 bits per heavy atom. The SMILES string of the molecule is Nc1cccc(Br)c1C(=O)C(=O)OC(=O)C(=O)c1c(N)cccc1Br. The molecule has 0 saturated heterocycles. The van der Waals surface area contributed by atoms with Gasteiger partial charge >= 0.3 is 11.9 Å². The molecule has 0 saturated carbocycles. The third-order valence-electron chi connectivity index (χ3n) is 3.10. The number of hydrogen-bond donors (Lipinski definition) is 2. The molecule has 0 unspecified atom stereocenters. The Morgan fingerprint density at radius 2 is 1.08 bits per heavy atom. The Bertz CT molecular complexity index is 797. The highest BCUT2D eigenvalue weighted by molar-refractivity contribution is 9.10. The van der Waals surface area contributed by atoms with Gasteiger partial charge in [-0.2, -0.15) is 0 Å². The lowest BCUT2D eigenvalue weighted by atomic mass is 10.1. The van der Waals surface area contributed by atoms with Crippen LogP contribution in [-0.4, -0.2) is 23.5 Å². The van der Waals surface area contributed by atoms with Gasteiger partial charge in [0.2, 0.25) is 0 Å². The van der Waals surface area contributed by atoms with Crippen LogP contribution in [0.5, 0.6) is 0 Å². The van der Waals surface area contributed by atoms with Crippen molar-refractivity contribution in [3.63, 3.8) is 0 Å². The van der Waals surface area contributed by atoms with Crippen LogP contribution in [0, 0.1) is 0 Å². The first-order valence-electron chi connectivity index (χ1n) is 6.67. The molecule has 0 aromatic heterocycles. The summed E-state index contributed by atoms with van der Waals surface area (Å²) in [5, 5.41) is 0. The summed E-state index contributed by atoms with van der Waals surface area (Å²) in [5.41, 5.74) is 11.0. The number of ketones is 2. The average Bonchev–Trinajstić information content (AvgIpc) is 2.54. The van der Waals surface area contributed by atoms with E-state index in [1.807, 2.05) is 0 Å². The van der Waals surface area contributed by atoms with Crippen LogP contribution in [0.1, 0.15) is 20.7 Å². The van der Waals surface area contributed by atoms with E-state index in [4.69, 9.17) is 11.5 Å². The Kier molecular flexibility index (Phi) is 5.70. The largest absolute Gasteiger partial charge is 0.398 e. The molecule has 2 aromatic carbocycles. The van der Waals surface area contributed by atoms with Gasteiger partial charge in [0.15, 0.2) is 0 Å². The number of Topliss-reactive ketones (excluding diaryl/α,β-unsaturated/α-hetero) is 2. The van der Waals surface area contributed by atoms with Crippen LogP contribution in [-0.2, 0) is 14.3 Å². The van der Waals surface area contributed by atoms with Gasteiger partial charge in [0.25, 0.3) is 11.6 Å². The summed E-state index contributed by atoms with van der Waals surface area (Å²) in [6.45, 7) is 0. The van der Waals surface area contributed by atoms with Crippen LogP contribution in [0.15, 0.2) is 45.3 Å². The first-order chi connectivity index (χ1) is 11.7. The standard InChI is InChI=1S/C16H10Br2N2O5/c17-7-3-1-5-9(19)11(7)13(21)15(23)25-16(24)14(22)12-8(18)4-2-6-10(12)20/h1-6H,19-20H2. The fraction of sp³-hybridized carbons (Fsp3) is 0. The monoisotopic (exact) mass is 468 g/mol. The second-order valence-electron chi connectivity index (χ2n) is 4.74. The lowest BCUT2D eigenvalue weighted by Gasteiger charge is -2.08. The van der Waals surface area contributed by atoms with Gasteiger partial charge < -0.3 is 16.2 Å². The van der Waals surface area contributed by atoms with Gasteiger partial charge in [0.1, 0.15) is 0 Å². The number of anilines is 2. The molecule has 0 heterocycles. The maximum Gasteiger partial charge on any atom is 0.387 e. The molecular formula is C16H10Br2N2O5. The molecular weight excluding hydrogens is 460 g/mol. The van der Waals surface area contributed by atoms with Crippen molar-refractivity contribution in [3.05, 3.63) is 56.5 Å². The molecule has 0 aliphatic rings. The highest BCUT2D eigenvalue weighted by Crippen LogP contribution is 2.25. The zero-order chi connectivity index (χ0) is 18.7. The van der Waals surface area contributed by atoms with E-state index in [1.165, 1.54) is 24.3 Å². The number of hydrogen-bond acceptors (Lipinski definition) is 7. The van der Waals surface area contributed by atoms with Gasteiger partial charge in [0.05, 0.1) is 11.1 Å². The third-order valence-corrected chi connectivity index (χ3v) is 4.42. The van der Waals surface area contributed by atoms with Crippen molar-refractivity contribution < 1.29 is 23.9 Å². The van der Waals surface area contributed by atoms with Gasteiger partial charge in [-0.15, -0.1) is 0 Å². The van der Waals surface area contributed by atoms with Crippen molar-refractivity contribution in [2.45, 2.75) is 0 Å².